The van der Waals surface area contributed by atoms with Gasteiger partial charge in [0, 0.05) is 12.1 Å². The molecule has 0 heterocycles. The van der Waals surface area contributed by atoms with Crippen molar-refractivity contribution in [2.75, 3.05) is 0 Å². The van der Waals surface area contributed by atoms with E-state index in [0.717, 1.165) is 0 Å². The topological polar surface area (TPSA) is 26.0 Å². The zero-order valence-corrected chi connectivity index (χ0v) is 8.58. The van der Waals surface area contributed by atoms with Crippen molar-refractivity contribution >= 4 is 0 Å². The molecule has 16 heavy (non-hydrogen) atoms. The van der Waals surface area contributed by atoms with E-state index in [4.69, 9.17) is 5.73 Å². The van der Waals surface area contributed by atoms with E-state index in [2.05, 4.69) is 0 Å². The van der Waals surface area contributed by atoms with Crippen molar-refractivity contribution in [1.82, 2.24) is 0 Å². The fourth-order valence-electron chi connectivity index (χ4n) is 1.71. The van der Waals surface area contributed by atoms with Crippen LogP contribution in [0, 0.1) is 11.6 Å². The quantitative estimate of drug-likeness (QED) is 0.825. The third-order valence-corrected chi connectivity index (χ3v) is 2.43. The van der Waals surface area contributed by atoms with Gasteiger partial charge in [-0.1, -0.05) is 24.3 Å². The number of halogens is 2. The van der Waals surface area contributed by atoms with Gasteiger partial charge in [-0.15, -0.1) is 0 Å². The molecule has 0 aliphatic rings. The zero-order valence-electron chi connectivity index (χ0n) is 8.58. The minimum Gasteiger partial charge on any atom is -0.326 e. The molecule has 0 aliphatic carbocycles. The van der Waals surface area contributed by atoms with Gasteiger partial charge in [-0.3, -0.25) is 0 Å². The molecule has 2 rings (SSSR count). The Hall–Kier alpha value is -1.74. The molecular formula is C13H11F2N. The van der Waals surface area contributed by atoms with Crippen LogP contribution in [0.2, 0.25) is 0 Å². The molecule has 0 amide bonds. The average Bonchev–Trinajstić information content (AvgIpc) is 2.28. The Balaban J connectivity index is 2.63. The van der Waals surface area contributed by atoms with Crippen molar-refractivity contribution in [2.45, 2.75) is 6.54 Å². The summed E-state index contributed by atoms with van der Waals surface area (Å²) in [6.07, 6.45) is 0. The average molecular weight is 219 g/mol. The molecule has 2 N–H and O–H groups in total. The Bertz CT molecular complexity index is 509. The van der Waals surface area contributed by atoms with Gasteiger partial charge in [-0.2, -0.15) is 0 Å². The molecule has 0 saturated heterocycles. The largest absolute Gasteiger partial charge is 0.326 e. The van der Waals surface area contributed by atoms with E-state index in [1.165, 1.54) is 18.2 Å². The van der Waals surface area contributed by atoms with Crippen LogP contribution in [0.15, 0.2) is 42.5 Å². The molecule has 0 aromatic heterocycles. The highest BCUT2D eigenvalue weighted by atomic mass is 19.1. The second-order valence-electron chi connectivity index (χ2n) is 3.49. The van der Waals surface area contributed by atoms with Crippen LogP contribution in [0.3, 0.4) is 0 Å². The number of hydrogen-bond acceptors (Lipinski definition) is 1. The lowest BCUT2D eigenvalue weighted by atomic mass is 9.99. The molecule has 82 valence electrons. The third-order valence-electron chi connectivity index (χ3n) is 2.43. The van der Waals surface area contributed by atoms with Gasteiger partial charge in [0.25, 0.3) is 0 Å². The highest BCUT2D eigenvalue weighted by Crippen LogP contribution is 2.27. The summed E-state index contributed by atoms with van der Waals surface area (Å²) in [4.78, 5) is 0. The Morgan fingerprint density at radius 1 is 1.00 bits per heavy atom. The van der Waals surface area contributed by atoms with Crippen LogP contribution in [-0.2, 0) is 6.54 Å². The van der Waals surface area contributed by atoms with Gasteiger partial charge in [-0.25, -0.2) is 8.78 Å². The van der Waals surface area contributed by atoms with E-state index in [0.29, 0.717) is 16.7 Å². The maximum Gasteiger partial charge on any atom is 0.131 e. The molecule has 3 heteroatoms. The summed E-state index contributed by atoms with van der Waals surface area (Å²) in [6, 6.07) is 10.5. The Morgan fingerprint density at radius 2 is 1.75 bits per heavy atom. The lowest BCUT2D eigenvalue weighted by Gasteiger charge is -2.09. The molecule has 0 atom stereocenters. The zero-order chi connectivity index (χ0) is 11.5. The van der Waals surface area contributed by atoms with E-state index < -0.39 is 0 Å². The van der Waals surface area contributed by atoms with Crippen LogP contribution in [0.1, 0.15) is 5.56 Å². The van der Waals surface area contributed by atoms with Crippen molar-refractivity contribution in [3.8, 4) is 11.1 Å². The predicted octanol–water partition coefficient (Wildman–Crippen LogP) is 3.09. The summed E-state index contributed by atoms with van der Waals surface area (Å²) in [5, 5.41) is 0. The Kier molecular flexibility index (Phi) is 2.97. The molecule has 0 fully saturated rings. The maximum absolute atomic E-state index is 13.7. The molecule has 2 aromatic rings. The SMILES string of the molecule is NCc1cccc(F)c1-c1cccc(F)c1. The fourth-order valence-corrected chi connectivity index (χ4v) is 1.71. The number of rotatable bonds is 2. The Morgan fingerprint density at radius 3 is 2.44 bits per heavy atom. The number of benzene rings is 2. The van der Waals surface area contributed by atoms with Gasteiger partial charge in [-0.05, 0) is 29.3 Å². The minimum atomic E-state index is -0.385. The fraction of sp³-hybridized carbons (Fsp3) is 0.0769. The van der Waals surface area contributed by atoms with Crippen LogP contribution in [-0.4, -0.2) is 0 Å². The number of hydrogen-bond donors (Lipinski definition) is 1. The smallest absolute Gasteiger partial charge is 0.131 e. The van der Waals surface area contributed by atoms with E-state index in [1.54, 1.807) is 24.3 Å². The van der Waals surface area contributed by atoms with E-state index in [9.17, 15) is 8.78 Å². The molecule has 0 unspecified atom stereocenters. The summed E-state index contributed by atoms with van der Waals surface area (Å²) in [7, 11) is 0. The first-order valence-electron chi connectivity index (χ1n) is 4.96. The second kappa shape index (κ2) is 4.41. The van der Waals surface area contributed by atoms with Gasteiger partial charge in [0.05, 0.1) is 0 Å². The van der Waals surface area contributed by atoms with Crippen LogP contribution in [0.4, 0.5) is 8.78 Å². The van der Waals surface area contributed by atoms with E-state index in [-0.39, 0.29) is 18.2 Å². The summed E-state index contributed by atoms with van der Waals surface area (Å²) in [5.74, 6) is -0.766. The second-order valence-corrected chi connectivity index (χ2v) is 3.49. The van der Waals surface area contributed by atoms with Crippen LogP contribution >= 0.6 is 0 Å². The van der Waals surface area contributed by atoms with Gasteiger partial charge in [0.2, 0.25) is 0 Å². The number of nitrogens with two attached hydrogens (primary N) is 1. The van der Waals surface area contributed by atoms with Crippen LogP contribution < -0.4 is 5.73 Å². The highest BCUT2D eigenvalue weighted by Gasteiger charge is 2.09. The van der Waals surface area contributed by atoms with Crippen LogP contribution in [0.5, 0.6) is 0 Å². The van der Waals surface area contributed by atoms with Gasteiger partial charge >= 0.3 is 0 Å². The molecule has 2 aromatic carbocycles. The first-order valence-corrected chi connectivity index (χ1v) is 4.96. The van der Waals surface area contributed by atoms with Crippen molar-refractivity contribution in [3.63, 3.8) is 0 Å². The maximum atomic E-state index is 13.7. The third kappa shape index (κ3) is 1.95. The first-order chi connectivity index (χ1) is 7.72. The molecular weight excluding hydrogens is 208 g/mol. The van der Waals surface area contributed by atoms with Crippen molar-refractivity contribution in [2.24, 2.45) is 5.73 Å². The van der Waals surface area contributed by atoms with Crippen molar-refractivity contribution in [1.29, 1.82) is 0 Å². The lowest BCUT2D eigenvalue weighted by molar-refractivity contribution is 0.623. The lowest BCUT2D eigenvalue weighted by Crippen LogP contribution is -2.00. The summed E-state index contributed by atoms with van der Waals surface area (Å²) >= 11 is 0. The van der Waals surface area contributed by atoms with Crippen molar-refractivity contribution in [3.05, 3.63) is 59.7 Å². The minimum absolute atomic E-state index is 0.226. The molecule has 0 radical (unpaired) electrons. The van der Waals surface area contributed by atoms with E-state index >= 15 is 0 Å². The predicted molar refractivity (Wildman–Crippen MR) is 59.7 cm³/mol. The van der Waals surface area contributed by atoms with Crippen LogP contribution in [0.25, 0.3) is 11.1 Å². The molecule has 0 aliphatic heterocycles. The van der Waals surface area contributed by atoms with Gasteiger partial charge < -0.3 is 5.73 Å². The Labute approximate surface area is 92.5 Å². The molecule has 0 bridgehead atoms. The van der Waals surface area contributed by atoms with E-state index in [1.807, 2.05) is 0 Å². The normalized spacial score (nSPS) is 10.4. The first kappa shape index (κ1) is 10.8. The summed E-state index contributed by atoms with van der Waals surface area (Å²) < 4.78 is 26.7. The van der Waals surface area contributed by atoms with Gasteiger partial charge in [0.1, 0.15) is 11.6 Å². The highest BCUT2D eigenvalue weighted by molar-refractivity contribution is 5.68. The monoisotopic (exact) mass is 219 g/mol. The van der Waals surface area contributed by atoms with Gasteiger partial charge in [0.15, 0.2) is 0 Å². The molecule has 0 saturated carbocycles. The van der Waals surface area contributed by atoms with Crippen molar-refractivity contribution < 1.29 is 8.78 Å². The summed E-state index contributed by atoms with van der Waals surface area (Å²) in [5.41, 5.74) is 7.10. The summed E-state index contributed by atoms with van der Waals surface area (Å²) in [6.45, 7) is 0.226. The molecule has 1 nitrogen and oxygen atoms in total. The molecule has 0 spiro atoms. The standard InChI is InChI=1S/C13H11F2N/c14-11-5-1-3-9(7-11)13-10(8-16)4-2-6-12(13)15/h1-7H,8,16H2.